The van der Waals surface area contributed by atoms with Crippen LogP contribution >= 0.6 is 0 Å². The van der Waals surface area contributed by atoms with Crippen LogP contribution in [0.15, 0.2) is 11.6 Å². The number of ketones is 1. The van der Waals surface area contributed by atoms with Gasteiger partial charge in [-0.1, -0.05) is 47.1 Å². The Labute approximate surface area is 263 Å². The Morgan fingerprint density at radius 3 is 2.25 bits per heavy atom. The maximum absolute atomic E-state index is 14.6. The first-order valence-corrected chi connectivity index (χ1v) is 16.8. The second-order valence-electron chi connectivity index (χ2n) is 17.1. The highest BCUT2D eigenvalue weighted by Crippen LogP contribution is 2.75. The Morgan fingerprint density at radius 2 is 1.64 bits per heavy atom. The van der Waals surface area contributed by atoms with Crippen LogP contribution in [0.3, 0.4) is 0 Å². The Bertz CT molecular complexity index is 1270. The van der Waals surface area contributed by atoms with Crippen LogP contribution in [0.2, 0.25) is 0 Å². The van der Waals surface area contributed by atoms with Crippen molar-refractivity contribution in [3.63, 3.8) is 0 Å². The van der Waals surface area contributed by atoms with E-state index in [1.807, 2.05) is 13.0 Å². The highest BCUT2D eigenvalue weighted by molar-refractivity contribution is 5.96. The van der Waals surface area contributed by atoms with E-state index in [1.54, 1.807) is 0 Å². The SMILES string of the molecule is COC(=O)[C@H](CCO)NC(=O)[C@H]1CC[C@]2(C)[C@H]3C(=O)C=C4[C@@H]5C[C@@](C)(C(=O)O)CC[C@]5(C)CC[C@@]4(C)[C@]3(C)CC[C@H]2C1(C)C. The number of ether oxygens (including phenoxy) is 1. The first kappa shape index (κ1) is 33.2. The maximum atomic E-state index is 14.6. The number of fused-ring (bicyclic) bond motifs is 7. The quantitative estimate of drug-likeness (QED) is 0.327. The number of aliphatic hydroxyl groups is 1. The van der Waals surface area contributed by atoms with Crippen molar-refractivity contribution in [2.24, 2.45) is 56.2 Å². The monoisotopic (exact) mass is 613 g/mol. The molecule has 0 bridgehead atoms. The lowest BCUT2D eigenvalue weighted by atomic mass is 9.33. The smallest absolute Gasteiger partial charge is 0.328 e. The molecule has 4 fully saturated rings. The molecule has 0 aromatic carbocycles. The summed E-state index contributed by atoms with van der Waals surface area (Å²) in [4.78, 5) is 52.9. The third kappa shape index (κ3) is 4.54. The molecular weight excluding hydrogens is 558 g/mol. The fourth-order valence-corrected chi connectivity index (χ4v) is 11.6. The van der Waals surface area contributed by atoms with E-state index in [2.05, 4.69) is 46.9 Å². The van der Waals surface area contributed by atoms with Gasteiger partial charge in [-0.15, -0.1) is 0 Å². The molecule has 0 saturated heterocycles. The molecule has 0 aromatic heterocycles. The third-order valence-corrected chi connectivity index (χ3v) is 14.7. The zero-order chi connectivity index (χ0) is 32.7. The number of carboxylic acids is 1. The molecule has 0 heterocycles. The fourth-order valence-electron chi connectivity index (χ4n) is 11.6. The van der Waals surface area contributed by atoms with Gasteiger partial charge in [-0.25, -0.2) is 4.79 Å². The number of hydrogen-bond donors (Lipinski definition) is 3. The van der Waals surface area contributed by atoms with Crippen molar-refractivity contribution in [2.45, 2.75) is 119 Å². The summed E-state index contributed by atoms with van der Waals surface area (Å²) in [5.41, 5.74) is -0.741. The van der Waals surface area contributed by atoms with Gasteiger partial charge in [0.05, 0.1) is 12.5 Å². The van der Waals surface area contributed by atoms with Gasteiger partial charge in [0.25, 0.3) is 0 Å². The fraction of sp³-hybridized carbons (Fsp3) is 0.833. The number of aliphatic carboxylic acids is 1. The van der Waals surface area contributed by atoms with Crippen LogP contribution in [-0.4, -0.2) is 53.6 Å². The minimum atomic E-state index is -0.889. The van der Waals surface area contributed by atoms with Gasteiger partial charge in [-0.2, -0.15) is 0 Å². The average molecular weight is 614 g/mol. The van der Waals surface area contributed by atoms with Gasteiger partial charge in [0, 0.05) is 24.9 Å². The summed E-state index contributed by atoms with van der Waals surface area (Å²) in [6.07, 6.45) is 9.39. The van der Waals surface area contributed by atoms with Gasteiger partial charge in [0.15, 0.2) is 5.78 Å². The van der Waals surface area contributed by atoms with Crippen molar-refractivity contribution in [3.05, 3.63) is 11.6 Å². The van der Waals surface area contributed by atoms with Crippen LogP contribution in [0.1, 0.15) is 113 Å². The number of aliphatic hydroxyl groups excluding tert-OH is 1. The van der Waals surface area contributed by atoms with Crippen LogP contribution in [0.4, 0.5) is 0 Å². The topological polar surface area (TPSA) is 130 Å². The summed E-state index contributed by atoms with van der Waals surface area (Å²) in [6, 6.07) is -0.889. The van der Waals surface area contributed by atoms with Crippen LogP contribution in [0.25, 0.3) is 0 Å². The highest BCUT2D eigenvalue weighted by atomic mass is 16.5. The van der Waals surface area contributed by atoms with Crippen molar-refractivity contribution in [1.29, 1.82) is 0 Å². The Hall–Kier alpha value is -2.22. The van der Waals surface area contributed by atoms with Crippen molar-refractivity contribution in [3.8, 4) is 0 Å². The minimum absolute atomic E-state index is 0.0103. The number of hydrogen-bond acceptors (Lipinski definition) is 6. The van der Waals surface area contributed by atoms with E-state index >= 15 is 0 Å². The molecule has 0 radical (unpaired) electrons. The number of rotatable bonds is 6. The van der Waals surface area contributed by atoms with E-state index in [0.29, 0.717) is 19.3 Å². The maximum Gasteiger partial charge on any atom is 0.328 e. The van der Waals surface area contributed by atoms with Crippen molar-refractivity contribution < 1.29 is 34.1 Å². The standard InChI is InChI=1S/C36H55NO7/c1-31(2)21(28(40)37-24(11-18-38)29(41)44-8)9-12-34(5)26(31)10-13-36(7)27(34)25(39)19-22-23-20-33(4,30(42)43)15-14-32(23,3)16-17-35(22,36)6/h19,21,23-24,26-27,38H,9-18,20H2,1-8H3,(H,37,40)(H,42,43)/t21-,23+,24+,26+,27-,32-,33+,34+,35-,36-/m1/s1. The molecule has 4 saturated carbocycles. The predicted molar refractivity (Wildman–Crippen MR) is 166 cm³/mol. The van der Waals surface area contributed by atoms with E-state index in [9.17, 15) is 29.4 Å². The molecule has 246 valence electrons. The first-order chi connectivity index (χ1) is 20.3. The first-order valence-electron chi connectivity index (χ1n) is 16.8. The van der Waals surface area contributed by atoms with E-state index in [0.717, 1.165) is 38.5 Å². The molecule has 0 aliphatic heterocycles. The zero-order valence-electron chi connectivity index (χ0n) is 28.2. The summed E-state index contributed by atoms with van der Waals surface area (Å²) in [5, 5.41) is 22.5. The molecule has 1 amide bonds. The van der Waals surface area contributed by atoms with Crippen LogP contribution in [-0.2, 0) is 23.9 Å². The number of amides is 1. The summed E-state index contributed by atoms with van der Waals surface area (Å²) in [5.74, 6) is -1.59. The van der Waals surface area contributed by atoms with E-state index < -0.39 is 28.8 Å². The van der Waals surface area contributed by atoms with Gasteiger partial charge in [-0.05, 0) is 110 Å². The molecule has 5 rings (SSSR count). The lowest BCUT2D eigenvalue weighted by molar-refractivity contribution is -0.195. The van der Waals surface area contributed by atoms with Crippen molar-refractivity contribution in [2.75, 3.05) is 13.7 Å². The molecule has 10 atom stereocenters. The van der Waals surface area contributed by atoms with E-state index in [4.69, 9.17) is 4.74 Å². The van der Waals surface area contributed by atoms with Crippen molar-refractivity contribution in [1.82, 2.24) is 5.32 Å². The highest BCUT2D eigenvalue weighted by Gasteiger charge is 2.70. The number of carbonyl (C=O) groups excluding carboxylic acids is 3. The minimum Gasteiger partial charge on any atom is -0.481 e. The Kier molecular flexibility index (Phi) is 8.04. The molecule has 8 heteroatoms. The molecule has 0 aromatic rings. The number of carboxylic acid groups (broad SMARTS) is 1. The summed E-state index contributed by atoms with van der Waals surface area (Å²) in [6.45, 7) is 15.3. The molecule has 0 spiro atoms. The molecule has 5 aliphatic carbocycles. The molecule has 5 aliphatic rings. The molecular formula is C36H55NO7. The van der Waals surface area contributed by atoms with Gasteiger partial charge in [-0.3, -0.25) is 14.4 Å². The van der Waals surface area contributed by atoms with Crippen LogP contribution in [0.5, 0.6) is 0 Å². The second-order valence-corrected chi connectivity index (χ2v) is 17.1. The Balaban J connectivity index is 1.48. The number of allylic oxidation sites excluding steroid dienone is 2. The number of methoxy groups -OCH3 is 1. The number of carbonyl (C=O) groups is 4. The normalized spacial score (nSPS) is 44.9. The largest absolute Gasteiger partial charge is 0.481 e. The Morgan fingerprint density at radius 1 is 0.977 bits per heavy atom. The number of esters is 1. The van der Waals surface area contributed by atoms with E-state index in [1.165, 1.54) is 12.7 Å². The van der Waals surface area contributed by atoms with Crippen LogP contribution in [0, 0.1) is 56.2 Å². The third-order valence-electron chi connectivity index (χ3n) is 14.7. The number of nitrogens with one attached hydrogen (secondary N) is 1. The molecule has 44 heavy (non-hydrogen) atoms. The van der Waals surface area contributed by atoms with Gasteiger partial charge < -0.3 is 20.3 Å². The lowest BCUT2D eigenvalue weighted by Gasteiger charge is -2.70. The molecule has 8 nitrogen and oxygen atoms in total. The predicted octanol–water partition coefficient (Wildman–Crippen LogP) is 5.71. The van der Waals surface area contributed by atoms with Crippen molar-refractivity contribution >= 4 is 23.6 Å². The van der Waals surface area contributed by atoms with E-state index in [-0.39, 0.29) is 70.0 Å². The van der Waals surface area contributed by atoms with Gasteiger partial charge in [0.1, 0.15) is 6.04 Å². The van der Waals surface area contributed by atoms with Crippen LogP contribution < -0.4 is 5.32 Å². The van der Waals surface area contributed by atoms with Gasteiger partial charge in [0.2, 0.25) is 5.91 Å². The molecule has 3 N–H and O–H groups in total. The zero-order valence-corrected chi connectivity index (χ0v) is 28.2. The summed E-state index contributed by atoms with van der Waals surface area (Å²) >= 11 is 0. The summed E-state index contributed by atoms with van der Waals surface area (Å²) < 4.78 is 4.87. The molecule has 0 unspecified atom stereocenters. The van der Waals surface area contributed by atoms with Gasteiger partial charge >= 0.3 is 11.9 Å². The second kappa shape index (κ2) is 10.7. The average Bonchev–Trinajstić information content (AvgIpc) is 2.93. The lowest BCUT2D eigenvalue weighted by Crippen LogP contribution is -2.66. The summed E-state index contributed by atoms with van der Waals surface area (Å²) in [7, 11) is 1.28.